The van der Waals surface area contributed by atoms with Gasteiger partial charge < -0.3 is 19.9 Å². The fourth-order valence-corrected chi connectivity index (χ4v) is 9.58. The number of amides is 1. The Morgan fingerprint density at radius 3 is 2.53 bits per heavy atom. The lowest BCUT2D eigenvalue weighted by atomic mass is 9.48. The maximum Gasteiger partial charge on any atom is 0.226 e. The van der Waals surface area contributed by atoms with Gasteiger partial charge in [0.05, 0.1) is 11.9 Å². The largest absolute Gasteiger partial charge is 0.353 e. The molecule has 3 aromatic rings. The molecular formula is C31H40ClN9O2. The Bertz CT molecular complexity index is 1530. The zero-order chi connectivity index (χ0) is 29.3. The third kappa shape index (κ3) is 4.48. The van der Waals surface area contributed by atoms with Gasteiger partial charge in [-0.15, -0.1) is 0 Å². The van der Waals surface area contributed by atoms with Gasteiger partial charge >= 0.3 is 0 Å². The monoisotopic (exact) mass is 605 g/mol. The van der Waals surface area contributed by atoms with E-state index in [1.165, 1.54) is 6.42 Å². The van der Waals surface area contributed by atoms with Gasteiger partial charge in [-0.25, -0.2) is 15.0 Å². The molecule has 228 valence electrons. The smallest absolute Gasteiger partial charge is 0.226 e. The van der Waals surface area contributed by atoms with Crippen LogP contribution in [0.25, 0.3) is 11.2 Å². The van der Waals surface area contributed by atoms with Gasteiger partial charge in [0.25, 0.3) is 0 Å². The zero-order valence-electron chi connectivity index (χ0n) is 25.0. The van der Waals surface area contributed by atoms with Gasteiger partial charge in [0.1, 0.15) is 6.23 Å². The van der Waals surface area contributed by atoms with Crippen molar-refractivity contribution in [3.8, 4) is 0 Å². The number of anilines is 2. The summed E-state index contributed by atoms with van der Waals surface area (Å²) in [5, 5.41) is 3.57. The van der Waals surface area contributed by atoms with E-state index in [0.29, 0.717) is 30.2 Å². The molecule has 12 heteroatoms. The topological polar surface area (TPSA) is 114 Å². The predicted octanol–water partition coefficient (Wildman–Crippen LogP) is 4.39. The molecule has 5 aliphatic rings. The highest BCUT2D eigenvalue weighted by Crippen LogP contribution is 2.61. The number of piperidine rings is 1. The molecule has 4 unspecified atom stereocenters. The minimum absolute atomic E-state index is 0.144. The summed E-state index contributed by atoms with van der Waals surface area (Å²) in [5.74, 6) is 3.55. The van der Waals surface area contributed by atoms with Gasteiger partial charge in [-0.1, -0.05) is 6.92 Å². The number of carbonyl (C=O) groups excluding carboxylic acids is 1. The fourth-order valence-electron chi connectivity index (χ4n) is 9.42. The second-order valence-electron chi connectivity index (χ2n) is 13.7. The highest BCUT2D eigenvalue weighted by molar-refractivity contribution is 6.28. The molecule has 0 bridgehead atoms. The average Bonchev–Trinajstić information content (AvgIpc) is 3.44. The molecular weight excluding hydrogens is 566 g/mol. The molecule has 3 saturated heterocycles. The van der Waals surface area contributed by atoms with E-state index >= 15 is 0 Å². The summed E-state index contributed by atoms with van der Waals surface area (Å²) in [6, 6.07) is 2.16. The predicted molar refractivity (Wildman–Crippen MR) is 163 cm³/mol. The van der Waals surface area contributed by atoms with Crippen LogP contribution in [0.2, 0.25) is 5.28 Å². The number of rotatable bonds is 3. The third-order valence-corrected chi connectivity index (χ3v) is 11.8. The number of ether oxygens (including phenoxy) is 1. The number of aromatic nitrogens is 6. The van der Waals surface area contributed by atoms with Crippen molar-refractivity contribution < 1.29 is 9.53 Å². The van der Waals surface area contributed by atoms with Crippen molar-refractivity contribution in [2.75, 3.05) is 36.0 Å². The molecule has 0 radical (unpaired) electrons. The normalized spacial score (nSPS) is 36.1. The van der Waals surface area contributed by atoms with Gasteiger partial charge in [0, 0.05) is 51.0 Å². The molecule has 2 aliphatic carbocycles. The second kappa shape index (κ2) is 10.3. The van der Waals surface area contributed by atoms with Crippen LogP contribution >= 0.6 is 11.6 Å². The third-order valence-electron chi connectivity index (χ3n) is 11.7. The van der Waals surface area contributed by atoms with Crippen LogP contribution in [-0.2, 0) is 9.53 Å². The first-order chi connectivity index (χ1) is 20.8. The number of fused-ring (bicyclic) bond motifs is 6. The van der Waals surface area contributed by atoms with Crippen LogP contribution in [0, 0.1) is 23.2 Å². The summed E-state index contributed by atoms with van der Waals surface area (Å²) in [6.45, 7) is 7.87. The summed E-state index contributed by atoms with van der Waals surface area (Å²) in [7, 11) is 0. The number of hydrogen-bond acceptors (Lipinski definition) is 9. The molecule has 1 N–H and O–H groups in total. The lowest BCUT2D eigenvalue weighted by molar-refractivity contribution is -0.231. The quantitative estimate of drug-likeness (QED) is 0.434. The van der Waals surface area contributed by atoms with Gasteiger partial charge in [-0.05, 0) is 92.7 Å². The van der Waals surface area contributed by atoms with Crippen molar-refractivity contribution in [3.63, 3.8) is 0 Å². The maximum absolute atomic E-state index is 12.2. The van der Waals surface area contributed by atoms with E-state index in [1.807, 2.05) is 12.4 Å². The van der Waals surface area contributed by atoms with Crippen molar-refractivity contribution >= 4 is 40.4 Å². The molecule has 43 heavy (non-hydrogen) atoms. The average molecular weight is 606 g/mol. The van der Waals surface area contributed by atoms with Crippen LogP contribution in [0.4, 0.5) is 11.8 Å². The SMILES string of the molecule is C[C@]12CCC(=O)NC1CCC1C2CC[C@]2(C)O[C@H](n3cnc4c(N5CCN(c6ncccn6)CC5)nc(Cl)nc43)CCC12. The number of halogens is 1. The highest BCUT2D eigenvalue weighted by Gasteiger charge is 2.59. The molecule has 3 aliphatic heterocycles. The molecule has 3 aromatic heterocycles. The van der Waals surface area contributed by atoms with Crippen molar-refractivity contribution in [3.05, 3.63) is 30.1 Å². The zero-order valence-corrected chi connectivity index (χ0v) is 25.7. The summed E-state index contributed by atoms with van der Waals surface area (Å²) in [4.78, 5) is 39.5. The Hall–Kier alpha value is -3.05. The van der Waals surface area contributed by atoms with Crippen LogP contribution in [0.15, 0.2) is 24.8 Å². The van der Waals surface area contributed by atoms with Crippen molar-refractivity contribution in [2.24, 2.45) is 23.2 Å². The van der Waals surface area contributed by atoms with Gasteiger partial charge in [0.2, 0.25) is 17.1 Å². The van der Waals surface area contributed by atoms with E-state index in [-0.39, 0.29) is 28.4 Å². The minimum Gasteiger partial charge on any atom is -0.353 e. The minimum atomic E-state index is -0.197. The summed E-state index contributed by atoms with van der Waals surface area (Å²) in [6.07, 6.45) is 13.4. The summed E-state index contributed by atoms with van der Waals surface area (Å²) in [5.41, 5.74) is 1.49. The highest BCUT2D eigenvalue weighted by atomic mass is 35.5. The molecule has 11 nitrogen and oxygen atoms in total. The maximum atomic E-state index is 12.2. The van der Waals surface area contributed by atoms with Crippen LogP contribution in [-0.4, -0.2) is 73.2 Å². The molecule has 6 heterocycles. The lowest BCUT2D eigenvalue weighted by Gasteiger charge is -2.62. The first-order valence-electron chi connectivity index (χ1n) is 16.0. The Morgan fingerprint density at radius 2 is 1.72 bits per heavy atom. The van der Waals surface area contributed by atoms with Crippen LogP contribution < -0.4 is 15.1 Å². The van der Waals surface area contributed by atoms with E-state index < -0.39 is 0 Å². The Kier molecular flexibility index (Phi) is 6.56. The fraction of sp³-hybridized carbons (Fsp3) is 0.677. The van der Waals surface area contributed by atoms with E-state index in [9.17, 15) is 4.79 Å². The molecule has 0 spiro atoms. The Labute approximate surface area is 256 Å². The molecule has 2 saturated carbocycles. The number of imidazole rings is 1. The van der Waals surface area contributed by atoms with Crippen molar-refractivity contribution in [2.45, 2.75) is 83.1 Å². The van der Waals surface area contributed by atoms with Gasteiger partial charge in [-0.2, -0.15) is 9.97 Å². The molecule has 1 amide bonds. The van der Waals surface area contributed by atoms with Crippen LogP contribution in [0.3, 0.4) is 0 Å². The Morgan fingerprint density at radius 1 is 0.930 bits per heavy atom. The molecule has 7 atom stereocenters. The van der Waals surface area contributed by atoms with Crippen LogP contribution in [0.1, 0.15) is 71.4 Å². The molecule has 0 aromatic carbocycles. The molecule has 8 rings (SSSR count). The standard InChI is InChI=1S/C31H40ClN9O2/c1-30-10-9-23(42)36-22(30)6-4-19-20(30)8-11-31(2)21(19)5-7-24(43-31)41-18-35-25-26(37-28(32)38-27(25)41)39-14-16-40(17-15-39)29-33-12-3-13-34-29/h3,12-13,18-22,24H,4-11,14-17H2,1-2H3,(H,36,42)/t19?,20?,21?,22?,24-,30+,31-/m0/s1. The summed E-state index contributed by atoms with van der Waals surface area (Å²) < 4.78 is 9.16. The lowest BCUT2D eigenvalue weighted by Crippen LogP contribution is -2.63. The van der Waals surface area contributed by atoms with E-state index in [0.717, 1.165) is 87.6 Å². The van der Waals surface area contributed by atoms with Crippen molar-refractivity contribution in [1.82, 2.24) is 34.8 Å². The number of nitrogens with one attached hydrogen (secondary N) is 1. The molecule has 5 fully saturated rings. The van der Waals surface area contributed by atoms with Gasteiger partial charge in [0.15, 0.2) is 17.0 Å². The number of nitrogens with zero attached hydrogens (tertiary/aromatic N) is 8. The van der Waals surface area contributed by atoms with Crippen LogP contribution in [0.5, 0.6) is 0 Å². The van der Waals surface area contributed by atoms with Gasteiger partial charge in [-0.3, -0.25) is 9.36 Å². The van der Waals surface area contributed by atoms with E-state index in [2.05, 4.69) is 53.5 Å². The van der Waals surface area contributed by atoms with E-state index in [1.54, 1.807) is 12.4 Å². The second-order valence-corrected chi connectivity index (χ2v) is 14.1. The summed E-state index contributed by atoms with van der Waals surface area (Å²) >= 11 is 6.54. The number of carbonyl (C=O) groups is 1. The van der Waals surface area contributed by atoms with Crippen molar-refractivity contribution in [1.29, 1.82) is 0 Å². The first kappa shape index (κ1) is 27.5. The van der Waals surface area contributed by atoms with E-state index in [4.69, 9.17) is 21.3 Å². The Balaban J connectivity index is 1.01. The number of piperazine rings is 1. The number of hydrogen-bond donors (Lipinski definition) is 1. The first-order valence-corrected chi connectivity index (χ1v) is 16.3.